The average Bonchev–Trinajstić information content (AvgIpc) is 3.53. The molecule has 3 heterocycles. The maximum atomic E-state index is 5.04. The van der Waals surface area contributed by atoms with E-state index in [0.29, 0.717) is 12.5 Å². The highest BCUT2D eigenvalue weighted by Gasteiger charge is 2.24. The van der Waals surface area contributed by atoms with Crippen LogP contribution in [-0.4, -0.2) is 39.1 Å². The van der Waals surface area contributed by atoms with Crippen molar-refractivity contribution in [1.29, 1.82) is 0 Å². The molecule has 6 heteroatoms. The Kier molecular flexibility index (Phi) is 7.49. The van der Waals surface area contributed by atoms with Gasteiger partial charge in [0.2, 0.25) is 0 Å². The van der Waals surface area contributed by atoms with Gasteiger partial charge in [0, 0.05) is 30.8 Å². The molecule has 1 N–H and O–H groups in total. The second kappa shape index (κ2) is 11.3. The first-order valence-electron chi connectivity index (χ1n) is 13.8. The van der Waals surface area contributed by atoms with Crippen LogP contribution in [-0.2, 0) is 13.0 Å². The van der Waals surface area contributed by atoms with Gasteiger partial charge in [-0.05, 0) is 88.6 Å². The Morgan fingerprint density at radius 3 is 2.74 bits per heavy atom. The van der Waals surface area contributed by atoms with Gasteiger partial charge in [-0.2, -0.15) is 9.61 Å². The highest BCUT2D eigenvalue weighted by atomic mass is 79.9. The Labute approximate surface area is 239 Å². The molecule has 5 nitrogen and oxygen atoms in total. The molecule has 0 atom stereocenters. The molecule has 0 amide bonds. The van der Waals surface area contributed by atoms with Crippen LogP contribution in [0.2, 0.25) is 0 Å². The third-order valence-corrected chi connectivity index (χ3v) is 8.57. The first-order chi connectivity index (χ1) is 19.1. The number of benzene rings is 2. The summed E-state index contributed by atoms with van der Waals surface area (Å²) < 4.78 is 2.81. The molecular formula is C33H34BrN5. The zero-order valence-corrected chi connectivity index (χ0v) is 24.0. The van der Waals surface area contributed by atoms with Crippen LogP contribution in [0.4, 0.5) is 5.82 Å². The molecule has 1 aliphatic heterocycles. The number of fused-ring (bicyclic) bond motifs is 4. The highest BCUT2D eigenvalue weighted by molar-refractivity contribution is 9.10. The van der Waals surface area contributed by atoms with Gasteiger partial charge in [0.1, 0.15) is 5.82 Å². The number of allylic oxidation sites excluding steroid dienone is 3. The van der Waals surface area contributed by atoms with E-state index in [9.17, 15) is 0 Å². The summed E-state index contributed by atoms with van der Waals surface area (Å²) in [5.41, 5.74) is 10.3. The molecule has 2 aliphatic rings. The fourth-order valence-corrected chi connectivity index (χ4v) is 6.22. The summed E-state index contributed by atoms with van der Waals surface area (Å²) >= 11 is 3.65. The van der Waals surface area contributed by atoms with Crippen molar-refractivity contribution in [2.45, 2.75) is 38.6 Å². The van der Waals surface area contributed by atoms with Gasteiger partial charge in [-0.15, -0.1) is 0 Å². The molecule has 0 saturated carbocycles. The van der Waals surface area contributed by atoms with Crippen molar-refractivity contribution in [3.05, 3.63) is 118 Å². The first kappa shape index (κ1) is 25.8. The zero-order chi connectivity index (χ0) is 26.8. The summed E-state index contributed by atoms with van der Waals surface area (Å²) in [6.45, 7) is 9.70. The molecule has 1 aliphatic carbocycles. The quantitative estimate of drug-likeness (QED) is 0.193. The van der Waals surface area contributed by atoms with Crippen molar-refractivity contribution in [3.63, 3.8) is 0 Å². The van der Waals surface area contributed by atoms with Gasteiger partial charge in [0.25, 0.3) is 0 Å². The monoisotopic (exact) mass is 579 g/mol. The maximum absolute atomic E-state index is 5.04. The predicted octanol–water partition coefficient (Wildman–Crippen LogP) is 7.54. The number of aromatic nitrogens is 3. The van der Waals surface area contributed by atoms with Gasteiger partial charge in [0.15, 0.2) is 5.65 Å². The molecular weight excluding hydrogens is 546 g/mol. The maximum Gasteiger partial charge on any atom is 0.171 e. The van der Waals surface area contributed by atoms with Gasteiger partial charge >= 0.3 is 0 Å². The van der Waals surface area contributed by atoms with Crippen LogP contribution in [0.25, 0.3) is 16.8 Å². The van der Waals surface area contributed by atoms with Gasteiger partial charge in [-0.1, -0.05) is 73.3 Å². The van der Waals surface area contributed by atoms with Crippen LogP contribution in [0.5, 0.6) is 0 Å². The van der Waals surface area contributed by atoms with Crippen molar-refractivity contribution in [2.75, 3.05) is 25.0 Å². The number of piperidine rings is 1. The number of nitrogens with zero attached hydrogens (tertiary/aromatic N) is 4. The van der Waals surface area contributed by atoms with Crippen molar-refractivity contribution in [3.8, 4) is 11.1 Å². The minimum atomic E-state index is 0.435. The molecule has 4 aromatic rings. The standard InChI is InChI=1S/C33H34BrN5/c1-3-5-8-23(4-2)20-35-32-19-31(37-33-30(34)21-36-39(32)33)25-13-15-38(16-14-25)22-24-11-12-29-27(17-24)18-26-9-6-7-10-28(26)29/h3-12,17,19,21,25,35H,1,13-16,18,20,22H2,2H3/b8-5-,23-4+. The molecule has 0 unspecified atom stereocenters. The predicted molar refractivity (Wildman–Crippen MR) is 164 cm³/mol. The summed E-state index contributed by atoms with van der Waals surface area (Å²) in [6.07, 6.45) is 13.0. The number of hydrogen-bond acceptors (Lipinski definition) is 4. The minimum Gasteiger partial charge on any atom is -0.366 e. The fourth-order valence-electron chi connectivity index (χ4n) is 5.87. The van der Waals surface area contributed by atoms with Crippen molar-refractivity contribution in [2.24, 2.45) is 0 Å². The van der Waals surface area contributed by atoms with E-state index in [1.807, 2.05) is 16.8 Å². The molecule has 1 fully saturated rings. The number of anilines is 1. The molecule has 0 radical (unpaired) electrons. The normalized spacial score (nSPS) is 16.1. The molecule has 0 bridgehead atoms. The number of hydrogen-bond donors (Lipinski definition) is 1. The highest BCUT2D eigenvalue weighted by Crippen LogP contribution is 2.37. The third kappa shape index (κ3) is 5.36. The Morgan fingerprint density at radius 2 is 1.92 bits per heavy atom. The zero-order valence-electron chi connectivity index (χ0n) is 22.4. The van der Waals surface area contributed by atoms with Gasteiger partial charge in [-0.3, -0.25) is 4.90 Å². The Hall–Kier alpha value is -3.48. The van der Waals surface area contributed by atoms with E-state index in [2.05, 4.69) is 105 Å². The SMILES string of the molecule is C=C/C=C\C(=C/C)CNc1cc(C2CCN(Cc3ccc4c(c3)Cc3ccccc3-4)CC2)nc2c(Br)cnn12. The Morgan fingerprint density at radius 1 is 1.10 bits per heavy atom. The van der Waals surface area contributed by atoms with E-state index in [1.165, 1.54) is 33.4 Å². The summed E-state index contributed by atoms with van der Waals surface area (Å²) in [6, 6.07) is 18.1. The van der Waals surface area contributed by atoms with Crippen LogP contribution in [0.15, 0.2) is 95.7 Å². The van der Waals surface area contributed by atoms with Crippen LogP contribution < -0.4 is 5.32 Å². The summed E-state index contributed by atoms with van der Waals surface area (Å²) in [5, 5.41) is 8.13. The molecule has 2 aromatic carbocycles. The fraction of sp³-hybridized carbons (Fsp3) is 0.273. The van der Waals surface area contributed by atoms with Crippen LogP contribution in [0.1, 0.15) is 48.1 Å². The summed E-state index contributed by atoms with van der Waals surface area (Å²) in [7, 11) is 0. The number of nitrogens with one attached hydrogen (secondary N) is 1. The lowest BCUT2D eigenvalue weighted by Gasteiger charge is -2.32. The van der Waals surface area contributed by atoms with Crippen LogP contribution >= 0.6 is 15.9 Å². The Balaban J connectivity index is 1.13. The van der Waals surface area contributed by atoms with E-state index in [-0.39, 0.29) is 0 Å². The topological polar surface area (TPSA) is 45.5 Å². The van der Waals surface area contributed by atoms with Crippen molar-refractivity contribution < 1.29 is 0 Å². The molecule has 1 saturated heterocycles. The molecule has 6 rings (SSSR count). The smallest absolute Gasteiger partial charge is 0.171 e. The van der Waals surface area contributed by atoms with Gasteiger partial charge < -0.3 is 5.32 Å². The van der Waals surface area contributed by atoms with Gasteiger partial charge in [-0.25, -0.2) is 4.98 Å². The van der Waals surface area contributed by atoms with E-state index in [1.54, 1.807) is 6.08 Å². The molecule has 198 valence electrons. The van der Waals surface area contributed by atoms with Crippen molar-refractivity contribution in [1.82, 2.24) is 19.5 Å². The number of rotatable bonds is 8. The number of halogens is 1. The molecule has 2 aromatic heterocycles. The molecule has 0 spiro atoms. The van der Waals surface area contributed by atoms with E-state index >= 15 is 0 Å². The van der Waals surface area contributed by atoms with Crippen LogP contribution in [0.3, 0.4) is 0 Å². The lowest BCUT2D eigenvalue weighted by molar-refractivity contribution is 0.203. The Bertz CT molecular complexity index is 1570. The summed E-state index contributed by atoms with van der Waals surface area (Å²) in [5.74, 6) is 1.40. The third-order valence-electron chi connectivity index (χ3n) is 8.01. The largest absolute Gasteiger partial charge is 0.366 e. The first-order valence-corrected chi connectivity index (χ1v) is 14.6. The summed E-state index contributed by atoms with van der Waals surface area (Å²) in [4.78, 5) is 7.63. The lowest BCUT2D eigenvalue weighted by atomic mass is 9.92. The second-order valence-electron chi connectivity index (χ2n) is 10.5. The lowest BCUT2D eigenvalue weighted by Crippen LogP contribution is -2.32. The van der Waals surface area contributed by atoms with E-state index in [4.69, 9.17) is 4.98 Å². The van der Waals surface area contributed by atoms with E-state index in [0.717, 1.165) is 60.5 Å². The van der Waals surface area contributed by atoms with Crippen molar-refractivity contribution >= 4 is 27.4 Å². The number of likely N-dealkylation sites (tertiary alicyclic amines) is 1. The average molecular weight is 581 g/mol. The van der Waals surface area contributed by atoms with Gasteiger partial charge in [0.05, 0.1) is 10.7 Å². The van der Waals surface area contributed by atoms with Crippen LogP contribution in [0, 0.1) is 0 Å². The molecule has 39 heavy (non-hydrogen) atoms. The van der Waals surface area contributed by atoms with E-state index < -0.39 is 0 Å². The minimum absolute atomic E-state index is 0.435. The second-order valence-corrected chi connectivity index (χ2v) is 11.3.